The molecular formula is C21H30O5. The van der Waals surface area contributed by atoms with Gasteiger partial charge in [-0.15, -0.1) is 0 Å². The maximum absolute atomic E-state index is 13.2. The number of ketones is 1. The molecule has 0 saturated heterocycles. The van der Waals surface area contributed by atoms with Crippen LogP contribution in [0.3, 0.4) is 0 Å². The Kier molecular flexibility index (Phi) is 4.12. The van der Waals surface area contributed by atoms with Crippen molar-refractivity contribution >= 4 is 11.8 Å². The summed E-state index contributed by atoms with van der Waals surface area (Å²) in [7, 11) is 0. The third-order valence-electron chi connectivity index (χ3n) is 8.23. The molecule has 3 unspecified atom stereocenters. The lowest BCUT2D eigenvalue weighted by atomic mass is 9.47. The van der Waals surface area contributed by atoms with E-state index >= 15 is 0 Å². The van der Waals surface area contributed by atoms with Crippen LogP contribution in [0.1, 0.15) is 59.3 Å². The number of ether oxygens (including phenoxy) is 1. The van der Waals surface area contributed by atoms with Gasteiger partial charge < -0.3 is 14.9 Å². The number of esters is 1. The summed E-state index contributed by atoms with van der Waals surface area (Å²) in [5.74, 6) is 0.139. The summed E-state index contributed by atoms with van der Waals surface area (Å²) in [5.41, 5.74) is 0.216. The summed E-state index contributed by atoms with van der Waals surface area (Å²) in [6.07, 6.45) is 4.79. The lowest BCUT2D eigenvalue weighted by Crippen LogP contribution is -2.58. The van der Waals surface area contributed by atoms with Gasteiger partial charge in [-0.25, -0.2) is 0 Å². The summed E-state index contributed by atoms with van der Waals surface area (Å²) in [6, 6.07) is 0. The number of hydrogen-bond donors (Lipinski definition) is 2. The average Bonchev–Trinajstić information content (AvgIpc) is 2.85. The normalized spacial score (nSPS) is 50.3. The van der Waals surface area contributed by atoms with Crippen molar-refractivity contribution in [3.8, 4) is 0 Å². The van der Waals surface area contributed by atoms with E-state index in [4.69, 9.17) is 4.74 Å². The van der Waals surface area contributed by atoms with E-state index in [2.05, 4.69) is 6.92 Å². The van der Waals surface area contributed by atoms with Crippen LogP contribution in [0.2, 0.25) is 0 Å². The highest BCUT2D eigenvalue weighted by Gasteiger charge is 2.62. The number of Topliss-reactive ketones (excluding diaryl/α,β-unsaturated/α-hetero) is 1. The van der Waals surface area contributed by atoms with Gasteiger partial charge in [0.2, 0.25) is 0 Å². The maximum Gasteiger partial charge on any atom is 0.302 e. The van der Waals surface area contributed by atoms with Crippen molar-refractivity contribution in [1.82, 2.24) is 0 Å². The fraction of sp³-hybridized carbons (Fsp3) is 0.810. The number of carbonyl (C=O) groups excluding carboxylic acids is 2. The second-order valence-electron chi connectivity index (χ2n) is 9.38. The van der Waals surface area contributed by atoms with Crippen molar-refractivity contribution in [2.24, 2.45) is 28.6 Å². The molecule has 0 bridgehead atoms. The quantitative estimate of drug-likeness (QED) is 0.553. The molecule has 4 aliphatic carbocycles. The molecule has 0 aromatic heterocycles. The summed E-state index contributed by atoms with van der Waals surface area (Å²) in [4.78, 5) is 24.5. The van der Waals surface area contributed by atoms with E-state index in [-0.39, 0.29) is 47.4 Å². The Hall–Kier alpha value is -1.20. The molecule has 0 aromatic rings. The van der Waals surface area contributed by atoms with Crippen molar-refractivity contribution in [1.29, 1.82) is 0 Å². The van der Waals surface area contributed by atoms with E-state index in [1.807, 2.05) is 13.0 Å². The predicted octanol–water partition coefficient (Wildman–Crippen LogP) is 2.39. The van der Waals surface area contributed by atoms with Gasteiger partial charge in [-0.1, -0.05) is 18.6 Å². The van der Waals surface area contributed by atoms with Gasteiger partial charge in [0, 0.05) is 19.8 Å². The second kappa shape index (κ2) is 5.90. The zero-order chi connectivity index (χ0) is 18.9. The Morgan fingerprint density at radius 2 is 1.88 bits per heavy atom. The monoisotopic (exact) mass is 362 g/mol. The molecule has 26 heavy (non-hydrogen) atoms. The highest BCUT2D eigenvalue weighted by Crippen LogP contribution is 2.64. The van der Waals surface area contributed by atoms with Crippen LogP contribution in [-0.4, -0.2) is 40.3 Å². The van der Waals surface area contributed by atoms with Crippen molar-refractivity contribution < 1.29 is 24.5 Å². The van der Waals surface area contributed by atoms with E-state index in [0.29, 0.717) is 6.42 Å². The molecule has 3 fully saturated rings. The van der Waals surface area contributed by atoms with Gasteiger partial charge in [-0.05, 0) is 55.8 Å². The minimum Gasteiger partial charge on any atom is -0.462 e. The molecule has 8 atom stereocenters. The lowest BCUT2D eigenvalue weighted by molar-refractivity contribution is -0.155. The van der Waals surface area contributed by atoms with E-state index < -0.39 is 17.6 Å². The third-order valence-corrected chi connectivity index (χ3v) is 8.23. The number of carbonyl (C=O) groups is 2. The summed E-state index contributed by atoms with van der Waals surface area (Å²) >= 11 is 0. The molecule has 3 saturated carbocycles. The summed E-state index contributed by atoms with van der Waals surface area (Å²) in [5, 5.41) is 21.5. The molecule has 0 heterocycles. The van der Waals surface area contributed by atoms with Gasteiger partial charge in [0.05, 0.1) is 17.6 Å². The largest absolute Gasteiger partial charge is 0.462 e. The molecule has 0 aliphatic heterocycles. The first-order valence-corrected chi connectivity index (χ1v) is 9.95. The first-order chi connectivity index (χ1) is 12.2. The third kappa shape index (κ3) is 2.36. The van der Waals surface area contributed by atoms with Gasteiger partial charge in [0.15, 0.2) is 0 Å². The number of rotatable bonds is 1. The van der Waals surface area contributed by atoms with Crippen LogP contribution >= 0.6 is 0 Å². The standard InChI is InChI=1S/C21H30O5/c1-11(22)26-13-8-12-9-16(23)19-14-4-5-17(24)20(14,2)7-6-15(19)21(12,3)18(25)10-13/h9,13-17,19,23-24H,4-8,10H2,1-3H3/t13?,14-,15+,16?,17?,19-,20-,21-/m0/s1. The molecule has 144 valence electrons. The predicted molar refractivity (Wildman–Crippen MR) is 95.0 cm³/mol. The Bertz CT molecular complexity index is 669. The fourth-order valence-electron chi connectivity index (χ4n) is 6.77. The zero-order valence-electron chi connectivity index (χ0n) is 15.9. The molecule has 0 spiro atoms. The Morgan fingerprint density at radius 3 is 2.58 bits per heavy atom. The van der Waals surface area contributed by atoms with Crippen molar-refractivity contribution in [2.75, 3.05) is 0 Å². The van der Waals surface area contributed by atoms with Crippen molar-refractivity contribution in [3.05, 3.63) is 11.6 Å². The van der Waals surface area contributed by atoms with Crippen LogP contribution in [-0.2, 0) is 14.3 Å². The number of fused-ring (bicyclic) bond motifs is 5. The molecule has 5 nitrogen and oxygen atoms in total. The fourth-order valence-corrected chi connectivity index (χ4v) is 6.77. The highest BCUT2D eigenvalue weighted by atomic mass is 16.5. The molecule has 0 amide bonds. The SMILES string of the molecule is CC(=O)OC1CC(=O)[C@@]2(C)C(=CC(O)[C@@H]3[C@H]2CC[C@]2(C)C(O)CC[C@@H]32)C1. The second-order valence-corrected chi connectivity index (χ2v) is 9.38. The molecule has 0 radical (unpaired) electrons. The topological polar surface area (TPSA) is 83.8 Å². The van der Waals surface area contributed by atoms with Gasteiger partial charge in [-0.3, -0.25) is 9.59 Å². The Morgan fingerprint density at radius 1 is 1.15 bits per heavy atom. The lowest BCUT2D eigenvalue weighted by Gasteiger charge is -2.57. The first-order valence-electron chi connectivity index (χ1n) is 9.95. The van der Waals surface area contributed by atoms with Gasteiger partial charge in [-0.2, -0.15) is 0 Å². The van der Waals surface area contributed by atoms with Crippen LogP contribution in [0.25, 0.3) is 0 Å². The molecule has 0 aromatic carbocycles. The average molecular weight is 362 g/mol. The van der Waals surface area contributed by atoms with Gasteiger partial charge >= 0.3 is 5.97 Å². The zero-order valence-corrected chi connectivity index (χ0v) is 15.9. The summed E-state index contributed by atoms with van der Waals surface area (Å²) in [6.45, 7) is 5.55. The van der Waals surface area contributed by atoms with E-state index in [1.54, 1.807) is 0 Å². The Balaban J connectivity index is 1.70. The minimum absolute atomic E-state index is 0.0221. The smallest absolute Gasteiger partial charge is 0.302 e. The Labute approximate surface area is 154 Å². The van der Waals surface area contributed by atoms with Crippen LogP contribution in [0.4, 0.5) is 0 Å². The number of hydrogen-bond acceptors (Lipinski definition) is 5. The van der Waals surface area contributed by atoms with E-state index in [0.717, 1.165) is 31.3 Å². The van der Waals surface area contributed by atoms with Crippen LogP contribution in [0, 0.1) is 28.6 Å². The van der Waals surface area contributed by atoms with Gasteiger partial charge in [0.25, 0.3) is 0 Å². The molecule has 4 rings (SSSR count). The van der Waals surface area contributed by atoms with Gasteiger partial charge in [0.1, 0.15) is 11.9 Å². The number of aliphatic hydroxyl groups is 2. The highest BCUT2D eigenvalue weighted by molar-refractivity contribution is 5.90. The van der Waals surface area contributed by atoms with Crippen molar-refractivity contribution in [3.63, 3.8) is 0 Å². The number of aliphatic hydroxyl groups excluding tert-OH is 2. The minimum atomic E-state index is -0.595. The summed E-state index contributed by atoms with van der Waals surface area (Å²) < 4.78 is 5.31. The van der Waals surface area contributed by atoms with E-state index in [9.17, 15) is 19.8 Å². The van der Waals surface area contributed by atoms with Crippen LogP contribution < -0.4 is 0 Å². The van der Waals surface area contributed by atoms with Crippen LogP contribution in [0.15, 0.2) is 11.6 Å². The van der Waals surface area contributed by atoms with E-state index in [1.165, 1.54) is 6.92 Å². The molecular weight excluding hydrogens is 332 g/mol. The molecule has 2 N–H and O–H groups in total. The van der Waals surface area contributed by atoms with Crippen molar-refractivity contribution in [2.45, 2.75) is 77.6 Å². The molecule has 4 aliphatic rings. The maximum atomic E-state index is 13.2. The molecule has 5 heteroatoms. The van der Waals surface area contributed by atoms with Crippen LogP contribution in [0.5, 0.6) is 0 Å². The first kappa shape index (κ1) is 18.2.